The Balaban J connectivity index is 2.54. The van der Waals surface area contributed by atoms with Crippen LogP contribution < -0.4 is 9.08 Å². The quantitative estimate of drug-likeness (QED) is 0.276. The number of benzene rings is 2. The number of halogens is 2. The molecule has 9 heteroatoms. The fraction of sp³-hybridized carbons (Fsp3) is 0.500. The summed E-state index contributed by atoms with van der Waals surface area (Å²) in [7, 11) is -4.20. The van der Waals surface area contributed by atoms with Gasteiger partial charge in [-0.15, -0.1) is 0 Å². The second-order valence-electron chi connectivity index (χ2n) is 8.95. The molecule has 1 amide bonds. The van der Waals surface area contributed by atoms with Gasteiger partial charge in [-0.25, -0.2) is 0 Å². The van der Waals surface area contributed by atoms with Crippen LogP contribution in [0.15, 0.2) is 41.3 Å². The maximum atomic E-state index is 13.2. The molecule has 6 nitrogen and oxygen atoms in total. The van der Waals surface area contributed by atoms with E-state index in [9.17, 15) is 13.2 Å². The molecule has 0 radical (unpaired) electrons. The lowest BCUT2D eigenvalue weighted by Crippen LogP contribution is -2.38. The molecule has 0 aliphatic carbocycles. The molecule has 2 aromatic carbocycles. The van der Waals surface area contributed by atoms with E-state index in [0.29, 0.717) is 12.0 Å². The molecular formula is C26H36Cl2N2O4S. The van der Waals surface area contributed by atoms with Crippen LogP contribution in [0.2, 0.25) is 10.0 Å². The Morgan fingerprint density at radius 3 is 2.17 bits per heavy atom. The number of anilines is 1. The molecule has 0 aromatic heterocycles. The SMILES string of the molecule is CC[C@@H](C)N(Cc1ccc(N(CC)CC)cc1OS(=O)(=O)c1ccc(Cl)c(Cl)c1)C(=O)CC(C)C. The summed E-state index contributed by atoms with van der Waals surface area (Å²) in [6, 6.07) is 9.53. The molecule has 35 heavy (non-hydrogen) atoms. The molecule has 2 rings (SSSR count). The smallest absolute Gasteiger partial charge is 0.339 e. The highest BCUT2D eigenvalue weighted by Crippen LogP contribution is 2.32. The van der Waals surface area contributed by atoms with Gasteiger partial charge in [0.2, 0.25) is 5.91 Å². The average molecular weight is 544 g/mol. The topological polar surface area (TPSA) is 66.9 Å². The van der Waals surface area contributed by atoms with Gasteiger partial charge in [-0.3, -0.25) is 4.79 Å². The minimum absolute atomic E-state index is 0.0109. The zero-order valence-corrected chi connectivity index (χ0v) is 23.7. The molecule has 1 atom stereocenters. The van der Waals surface area contributed by atoms with Crippen molar-refractivity contribution in [3.63, 3.8) is 0 Å². The second-order valence-corrected chi connectivity index (χ2v) is 11.3. The van der Waals surface area contributed by atoms with E-state index in [-0.39, 0.29) is 45.1 Å². The summed E-state index contributed by atoms with van der Waals surface area (Å²) >= 11 is 12.0. The normalized spacial score (nSPS) is 12.5. The molecule has 194 valence electrons. The number of nitrogens with zero attached hydrogens (tertiary/aromatic N) is 2. The minimum atomic E-state index is -4.20. The van der Waals surface area contributed by atoms with Gasteiger partial charge in [0.05, 0.1) is 10.0 Å². The van der Waals surface area contributed by atoms with E-state index >= 15 is 0 Å². The first-order valence-electron chi connectivity index (χ1n) is 12.0. The van der Waals surface area contributed by atoms with Crippen molar-refractivity contribution < 1.29 is 17.4 Å². The molecule has 0 saturated carbocycles. The van der Waals surface area contributed by atoms with Gasteiger partial charge in [0.15, 0.2) is 0 Å². The highest BCUT2D eigenvalue weighted by molar-refractivity contribution is 7.87. The van der Waals surface area contributed by atoms with Crippen molar-refractivity contribution in [2.24, 2.45) is 5.92 Å². The van der Waals surface area contributed by atoms with Gasteiger partial charge < -0.3 is 14.0 Å². The first-order chi connectivity index (χ1) is 16.4. The molecule has 0 fully saturated rings. The van der Waals surface area contributed by atoms with Crippen molar-refractivity contribution in [3.8, 4) is 5.75 Å². The van der Waals surface area contributed by atoms with Gasteiger partial charge in [0, 0.05) is 49.4 Å². The van der Waals surface area contributed by atoms with E-state index < -0.39 is 10.1 Å². The van der Waals surface area contributed by atoms with Gasteiger partial charge in [0.25, 0.3) is 0 Å². The third-order valence-electron chi connectivity index (χ3n) is 5.93. The summed E-state index contributed by atoms with van der Waals surface area (Å²) in [6.07, 6.45) is 1.19. The monoisotopic (exact) mass is 542 g/mol. The van der Waals surface area contributed by atoms with Crippen LogP contribution in [0.25, 0.3) is 0 Å². The minimum Gasteiger partial charge on any atom is -0.379 e. The van der Waals surface area contributed by atoms with Gasteiger partial charge in [-0.05, 0) is 57.4 Å². The van der Waals surface area contributed by atoms with E-state index in [1.165, 1.54) is 18.2 Å². The van der Waals surface area contributed by atoms with Crippen LogP contribution >= 0.6 is 23.2 Å². The highest BCUT2D eigenvalue weighted by atomic mass is 35.5. The lowest BCUT2D eigenvalue weighted by atomic mass is 10.1. The van der Waals surface area contributed by atoms with Gasteiger partial charge >= 0.3 is 10.1 Å². The van der Waals surface area contributed by atoms with Crippen LogP contribution in [0, 0.1) is 5.92 Å². The fourth-order valence-corrected chi connectivity index (χ4v) is 5.04. The predicted molar refractivity (Wildman–Crippen MR) is 144 cm³/mol. The fourth-order valence-electron chi connectivity index (χ4n) is 3.70. The Labute approximate surface area is 220 Å². The Morgan fingerprint density at radius 1 is 0.971 bits per heavy atom. The molecule has 2 aromatic rings. The standard InChI is InChI=1S/C26H36Cl2N2O4S/c1-7-19(6)30(26(31)14-18(4)5)17-20-10-11-21(29(8-2)9-3)15-25(20)34-35(32,33)22-12-13-23(27)24(28)16-22/h10-13,15-16,18-19H,7-9,14,17H2,1-6H3/t19-/m1/s1. The summed E-state index contributed by atoms with van der Waals surface area (Å²) in [5.41, 5.74) is 1.45. The van der Waals surface area contributed by atoms with Crippen LogP contribution in [-0.2, 0) is 21.5 Å². The maximum Gasteiger partial charge on any atom is 0.339 e. The van der Waals surface area contributed by atoms with Gasteiger partial charge in [0.1, 0.15) is 10.6 Å². The largest absolute Gasteiger partial charge is 0.379 e. The molecule has 0 N–H and O–H groups in total. The summed E-state index contributed by atoms with van der Waals surface area (Å²) < 4.78 is 32.0. The number of hydrogen-bond acceptors (Lipinski definition) is 5. The molecule has 0 saturated heterocycles. The average Bonchev–Trinajstić information content (AvgIpc) is 2.79. The number of amides is 1. The molecular weight excluding hydrogens is 507 g/mol. The van der Waals surface area contributed by atoms with E-state index in [1.807, 2.05) is 53.7 Å². The van der Waals surface area contributed by atoms with Crippen LogP contribution in [0.3, 0.4) is 0 Å². The molecule has 0 aliphatic heterocycles. The third kappa shape index (κ3) is 7.76. The Bertz CT molecular complexity index is 1120. The van der Waals surface area contributed by atoms with Crippen LogP contribution in [0.5, 0.6) is 5.75 Å². The summed E-state index contributed by atoms with van der Waals surface area (Å²) in [5, 5.41) is 0.374. The molecule has 0 heterocycles. The van der Waals surface area contributed by atoms with Crippen molar-refractivity contribution >= 4 is 44.9 Å². The number of rotatable bonds is 12. The summed E-state index contributed by atoms with van der Waals surface area (Å²) in [5.74, 6) is 0.427. The summed E-state index contributed by atoms with van der Waals surface area (Å²) in [6.45, 7) is 13.8. The summed E-state index contributed by atoms with van der Waals surface area (Å²) in [4.78, 5) is 16.8. The predicted octanol–water partition coefficient (Wildman–Crippen LogP) is 6.78. The van der Waals surface area contributed by atoms with Crippen molar-refractivity contribution in [2.45, 2.75) is 71.9 Å². The van der Waals surface area contributed by atoms with Crippen LogP contribution in [0.1, 0.15) is 59.9 Å². The van der Waals surface area contributed by atoms with Gasteiger partial charge in [-0.2, -0.15) is 8.42 Å². The third-order valence-corrected chi connectivity index (χ3v) is 7.89. The lowest BCUT2D eigenvalue weighted by molar-refractivity contribution is -0.134. The maximum absolute atomic E-state index is 13.2. The zero-order valence-electron chi connectivity index (χ0n) is 21.3. The Hall–Kier alpha value is -1.96. The van der Waals surface area contributed by atoms with Crippen LogP contribution in [-0.4, -0.2) is 38.4 Å². The Morgan fingerprint density at radius 2 is 1.63 bits per heavy atom. The lowest BCUT2D eigenvalue weighted by Gasteiger charge is -2.30. The van der Waals surface area contributed by atoms with Crippen molar-refractivity contribution in [1.29, 1.82) is 0 Å². The van der Waals surface area contributed by atoms with E-state index in [0.717, 1.165) is 25.2 Å². The van der Waals surface area contributed by atoms with Crippen molar-refractivity contribution in [2.75, 3.05) is 18.0 Å². The number of carbonyl (C=O) groups excluding carboxylic acids is 1. The first kappa shape index (κ1) is 29.3. The van der Waals surface area contributed by atoms with Crippen molar-refractivity contribution in [3.05, 3.63) is 52.0 Å². The Kier molecular flexibility index (Phi) is 10.7. The molecule has 0 aliphatic rings. The highest BCUT2D eigenvalue weighted by Gasteiger charge is 2.25. The van der Waals surface area contributed by atoms with E-state index in [1.54, 1.807) is 11.0 Å². The zero-order chi connectivity index (χ0) is 26.3. The van der Waals surface area contributed by atoms with Crippen LogP contribution in [0.4, 0.5) is 5.69 Å². The van der Waals surface area contributed by atoms with E-state index in [2.05, 4.69) is 4.90 Å². The van der Waals surface area contributed by atoms with E-state index in [4.69, 9.17) is 27.4 Å². The molecule has 0 bridgehead atoms. The number of hydrogen-bond donors (Lipinski definition) is 0. The number of carbonyl (C=O) groups is 1. The molecule has 0 unspecified atom stereocenters. The molecule has 0 spiro atoms. The second kappa shape index (κ2) is 12.8. The van der Waals surface area contributed by atoms with Crippen molar-refractivity contribution in [1.82, 2.24) is 4.90 Å². The first-order valence-corrected chi connectivity index (χ1v) is 14.2. The van der Waals surface area contributed by atoms with Gasteiger partial charge in [-0.1, -0.05) is 50.0 Å².